The van der Waals surface area contributed by atoms with Gasteiger partial charge in [-0.3, -0.25) is 4.98 Å². The van der Waals surface area contributed by atoms with Gasteiger partial charge in [-0.25, -0.2) is 9.78 Å². The molecule has 0 atom stereocenters. The summed E-state index contributed by atoms with van der Waals surface area (Å²) in [6, 6.07) is 0.275. The molecule has 6 nitrogen and oxygen atoms in total. The number of carbonyl (C=O) groups excluding carboxylic acids is 1. The van der Waals surface area contributed by atoms with Crippen LogP contribution in [0, 0.1) is 0 Å². The van der Waals surface area contributed by atoms with Crippen LogP contribution in [0.1, 0.15) is 36.2 Å². The number of ether oxygens (including phenoxy) is 2. The summed E-state index contributed by atoms with van der Waals surface area (Å²) in [7, 11) is 1.31. The van der Waals surface area contributed by atoms with Crippen LogP contribution in [-0.4, -0.2) is 35.2 Å². The van der Waals surface area contributed by atoms with Gasteiger partial charge in [-0.1, -0.05) is 0 Å². The Morgan fingerprint density at radius 3 is 2.72 bits per heavy atom. The van der Waals surface area contributed by atoms with Crippen LogP contribution in [-0.2, 0) is 4.74 Å². The van der Waals surface area contributed by atoms with Gasteiger partial charge in [0, 0.05) is 6.04 Å². The maximum atomic E-state index is 11.3. The van der Waals surface area contributed by atoms with E-state index in [9.17, 15) is 4.79 Å². The lowest BCUT2D eigenvalue weighted by atomic mass is 9.94. The maximum Gasteiger partial charge on any atom is 0.358 e. The van der Waals surface area contributed by atoms with E-state index in [1.807, 2.05) is 0 Å². The van der Waals surface area contributed by atoms with Gasteiger partial charge >= 0.3 is 5.97 Å². The minimum absolute atomic E-state index is 0.104. The Hall–Kier alpha value is -1.69. The number of hydrogen-bond acceptors (Lipinski definition) is 6. The molecule has 1 fully saturated rings. The van der Waals surface area contributed by atoms with Crippen molar-refractivity contribution in [2.45, 2.75) is 37.8 Å². The van der Waals surface area contributed by atoms with E-state index >= 15 is 0 Å². The average molecular weight is 251 g/mol. The maximum absolute atomic E-state index is 11.3. The van der Waals surface area contributed by atoms with Crippen LogP contribution in [0.25, 0.3) is 0 Å². The van der Waals surface area contributed by atoms with Crippen molar-refractivity contribution in [2.24, 2.45) is 5.73 Å². The van der Waals surface area contributed by atoms with Gasteiger partial charge in [-0.15, -0.1) is 0 Å². The minimum Gasteiger partial charge on any atom is -0.473 e. The van der Waals surface area contributed by atoms with Gasteiger partial charge in [0.15, 0.2) is 5.69 Å². The third kappa shape index (κ3) is 3.16. The zero-order chi connectivity index (χ0) is 13.0. The van der Waals surface area contributed by atoms with Crippen LogP contribution < -0.4 is 10.5 Å². The smallest absolute Gasteiger partial charge is 0.358 e. The molecule has 0 radical (unpaired) electrons. The number of aromatic nitrogens is 2. The number of rotatable bonds is 3. The molecule has 2 rings (SSSR count). The summed E-state index contributed by atoms with van der Waals surface area (Å²) in [5, 5.41) is 0. The Morgan fingerprint density at radius 2 is 2.06 bits per heavy atom. The summed E-state index contributed by atoms with van der Waals surface area (Å²) in [5.41, 5.74) is 5.98. The van der Waals surface area contributed by atoms with Crippen LogP contribution >= 0.6 is 0 Å². The van der Waals surface area contributed by atoms with Crippen molar-refractivity contribution in [2.75, 3.05) is 7.11 Å². The van der Waals surface area contributed by atoms with E-state index in [0.717, 1.165) is 25.7 Å². The average Bonchev–Trinajstić information content (AvgIpc) is 2.41. The Labute approximate surface area is 106 Å². The molecule has 0 bridgehead atoms. The minimum atomic E-state index is -0.515. The topological polar surface area (TPSA) is 87.3 Å². The summed E-state index contributed by atoms with van der Waals surface area (Å²) >= 11 is 0. The summed E-state index contributed by atoms with van der Waals surface area (Å²) in [5.74, 6) is -0.156. The van der Waals surface area contributed by atoms with Crippen molar-refractivity contribution in [3.05, 3.63) is 18.1 Å². The van der Waals surface area contributed by atoms with Crippen molar-refractivity contribution in [1.82, 2.24) is 9.97 Å². The first-order chi connectivity index (χ1) is 8.69. The summed E-state index contributed by atoms with van der Waals surface area (Å²) in [6.07, 6.45) is 6.68. The molecule has 18 heavy (non-hydrogen) atoms. The fourth-order valence-electron chi connectivity index (χ4n) is 1.99. The monoisotopic (exact) mass is 251 g/mol. The van der Waals surface area contributed by atoms with Crippen molar-refractivity contribution in [3.63, 3.8) is 0 Å². The predicted molar refractivity (Wildman–Crippen MR) is 64.2 cm³/mol. The second-order valence-corrected chi connectivity index (χ2v) is 4.39. The molecular weight excluding hydrogens is 234 g/mol. The normalized spacial score (nSPS) is 23.4. The standard InChI is InChI=1S/C12H17N3O3/c1-17-12(16)10-6-14-7-11(15-10)18-9-4-2-8(13)3-5-9/h6-9H,2-5,13H2,1H3. The molecule has 2 N–H and O–H groups in total. The van der Waals surface area contributed by atoms with Gasteiger partial charge in [0.25, 0.3) is 0 Å². The quantitative estimate of drug-likeness (QED) is 0.803. The van der Waals surface area contributed by atoms with Gasteiger partial charge in [0.05, 0.1) is 19.5 Å². The fourth-order valence-corrected chi connectivity index (χ4v) is 1.99. The molecule has 1 aromatic heterocycles. The van der Waals surface area contributed by atoms with E-state index in [-0.39, 0.29) is 17.8 Å². The summed E-state index contributed by atoms with van der Waals surface area (Å²) < 4.78 is 10.3. The van der Waals surface area contributed by atoms with E-state index < -0.39 is 5.97 Å². The molecule has 0 aromatic carbocycles. The van der Waals surface area contributed by atoms with E-state index in [2.05, 4.69) is 14.7 Å². The highest BCUT2D eigenvalue weighted by molar-refractivity contribution is 5.86. The van der Waals surface area contributed by atoms with Gasteiger partial charge in [-0.2, -0.15) is 0 Å². The zero-order valence-corrected chi connectivity index (χ0v) is 10.3. The second kappa shape index (κ2) is 5.77. The molecule has 1 aliphatic rings. The molecule has 0 aliphatic heterocycles. The van der Waals surface area contributed by atoms with Crippen LogP contribution in [0.15, 0.2) is 12.4 Å². The summed E-state index contributed by atoms with van der Waals surface area (Å²) in [4.78, 5) is 19.3. The molecule has 0 saturated heterocycles. The van der Waals surface area contributed by atoms with Gasteiger partial charge in [0.2, 0.25) is 5.88 Å². The lowest BCUT2D eigenvalue weighted by molar-refractivity contribution is 0.0590. The van der Waals surface area contributed by atoms with Crippen LogP contribution in [0.4, 0.5) is 0 Å². The van der Waals surface area contributed by atoms with Crippen molar-refractivity contribution in [1.29, 1.82) is 0 Å². The van der Waals surface area contributed by atoms with E-state index in [1.54, 1.807) is 0 Å². The first-order valence-electron chi connectivity index (χ1n) is 6.01. The number of nitrogens with zero attached hydrogens (tertiary/aromatic N) is 2. The van der Waals surface area contributed by atoms with E-state index in [4.69, 9.17) is 10.5 Å². The number of carbonyl (C=O) groups is 1. The first-order valence-corrected chi connectivity index (χ1v) is 6.01. The highest BCUT2D eigenvalue weighted by Gasteiger charge is 2.20. The highest BCUT2D eigenvalue weighted by atomic mass is 16.5. The largest absolute Gasteiger partial charge is 0.473 e. The Balaban J connectivity index is 1.99. The van der Waals surface area contributed by atoms with E-state index in [0.29, 0.717) is 5.88 Å². The SMILES string of the molecule is COC(=O)c1cncc(OC2CCC(N)CC2)n1. The number of hydrogen-bond donors (Lipinski definition) is 1. The van der Waals surface area contributed by atoms with Crippen LogP contribution in [0.2, 0.25) is 0 Å². The molecule has 0 spiro atoms. The summed E-state index contributed by atoms with van der Waals surface area (Å²) in [6.45, 7) is 0. The lowest BCUT2D eigenvalue weighted by Gasteiger charge is -2.26. The third-order valence-corrected chi connectivity index (χ3v) is 3.01. The van der Waals surface area contributed by atoms with Gasteiger partial charge < -0.3 is 15.2 Å². The van der Waals surface area contributed by atoms with Gasteiger partial charge in [-0.05, 0) is 25.7 Å². The lowest BCUT2D eigenvalue weighted by Crippen LogP contribution is -2.31. The second-order valence-electron chi connectivity index (χ2n) is 4.39. The fraction of sp³-hybridized carbons (Fsp3) is 0.583. The molecular formula is C12H17N3O3. The molecule has 1 aromatic rings. The van der Waals surface area contributed by atoms with E-state index in [1.165, 1.54) is 19.5 Å². The molecule has 0 unspecified atom stereocenters. The molecule has 1 saturated carbocycles. The molecule has 6 heteroatoms. The number of methoxy groups -OCH3 is 1. The number of esters is 1. The molecule has 0 amide bonds. The highest BCUT2D eigenvalue weighted by Crippen LogP contribution is 2.21. The van der Waals surface area contributed by atoms with Crippen LogP contribution in [0.3, 0.4) is 0 Å². The molecule has 1 heterocycles. The zero-order valence-electron chi connectivity index (χ0n) is 10.3. The van der Waals surface area contributed by atoms with Crippen molar-refractivity contribution < 1.29 is 14.3 Å². The van der Waals surface area contributed by atoms with Crippen LogP contribution in [0.5, 0.6) is 5.88 Å². The Morgan fingerprint density at radius 1 is 1.33 bits per heavy atom. The predicted octanol–water partition coefficient (Wildman–Crippen LogP) is 0.912. The molecule has 98 valence electrons. The molecule has 1 aliphatic carbocycles. The van der Waals surface area contributed by atoms with Crippen molar-refractivity contribution >= 4 is 5.97 Å². The van der Waals surface area contributed by atoms with Gasteiger partial charge in [0.1, 0.15) is 6.10 Å². The first kappa shape index (κ1) is 12.8. The number of nitrogens with two attached hydrogens (primary N) is 1. The Bertz CT molecular complexity index is 417. The van der Waals surface area contributed by atoms with Crippen molar-refractivity contribution in [3.8, 4) is 5.88 Å². The third-order valence-electron chi connectivity index (χ3n) is 3.01. The Kier molecular flexibility index (Phi) is 4.09.